The first kappa shape index (κ1) is 9.97. The van der Waals surface area contributed by atoms with E-state index < -0.39 is 0 Å². The van der Waals surface area contributed by atoms with Crippen molar-refractivity contribution in [3.8, 4) is 5.88 Å². The quantitative estimate of drug-likeness (QED) is 0.806. The molecule has 5 nitrogen and oxygen atoms in total. The Morgan fingerprint density at radius 2 is 2.47 bits per heavy atom. The Hall–Kier alpha value is -1.56. The van der Waals surface area contributed by atoms with Gasteiger partial charge in [0, 0.05) is 6.42 Å². The second-order valence-electron chi connectivity index (χ2n) is 3.00. The van der Waals surface area contributed by atoms with Crippen LogP contribution in [0.25, 0.3) is 5.65 Å². The molecule has 0 bridgehead atoms. The molecule has 0 aliphatic rings. The molecule has 0 fully saturated rings. The molecular formula is C9H8BrN3O2. The lowest BCUT2D eigenvalue weighted by atomic mass is 10.2. The van der Waals surface area contributed by atoms with Crippen LogP contribution in [0.4, 0.5) is 0 Å². The minimum Gasteiger partial charge on any atom is -0.493 e. The molecule has 2 rings (SSSR count). The molecule has 0 radical (unpaired) electrons. The summed E-state index contributed by atoms with van der Waals surface area (Å²) < 4.78 is 1.89. The Kier molecular flexibility index (Phi) is 2.36. The molecule has 0 saturated carbocycles. The van der Waals surface area contributed by atoms with E-state index >= 15 is 0 Å². The summed E-state index contributed by atoms with van der Waals surface area (Å²) in [7, 11) is 0. The van der Waals surface area contributed by atoms with Gasteiger partial charge in [-0.25, -0.2) is 0 Å². The molecule has 0 aromatic carbocycles. The van der Waals surface area contributed by atoms with Gasteiger partial charge in [0.15, 0.2) is 5.65 Å². The third-order valence-corrected chi connectivity index (χ3v) is 2.63. The second-order valence-corrected chi connectivity index (χ2v) is 3.86. The Bertz CT molecular complexity index is 585. The number of aromatic amines is 1. The van der Waals surface area contributed by atoms with Crippen LogP contribution >= 0.6 is 15.9 Å². The normalized spacial score (nSPS) is 10.7. The number of allylic oxidation sites excluding steroid dienone is 1. The fraction of sp³-hybridized carbons (Fsp3) is 0.111. The summed E-state index contributed by atoms with van der Waals surface area (Å²) in [5, 5.41) is 13.7. The van der Waals surface area contributed by atoms with Crippen molar-refractivity contribution in [2.75, 3.05) is 0 Å². The predicted molar refractivity (Wildman–Crippen MR) is 59.1 cm³/mol. The molecule has 0 spiro atoms. The molecule has 2 aromatic rings. The second kappa shape index (κ2) is 3.54. The summed E-state index contributed by atoms with van der Waals surface area (Å²) >= 11 is 3.21. The van der Waals surface area contributed by atoms with Gasteiger partial charge in [-0.2, -0.15) is 9.61 Å². The van der Waals surface area contributed by atoms with Crippen molar-refractivity contribution in [2.24, 2.45) is 0 Å². The van der Waals surface area contributed by atoms with Crippen LogP contribution in [0, 0.1) is 0 Å². The summed E-state index contributed by atoms with van der Waals surface area (Å²) in [6.45, 7) is 3.52. The van der Waals surface area contributed by atoms with Gasteiger partial charge in [0.25, 0.3) is 5.56 Å². The summed E-state index contributed by atoms with van der Waals surface area (Å²) in [5.74, 6) is -0.153. The van der Waals surface area contributed by atoms with E-state index in [2.05, 4.69) is 32.6 Å². The lowest BCUT2D eigenvalue weighted by Crippen LogP contribution is -2.15. The van der Waals surface area contributed by atoms with E-state index in [1.54, 1.807) is 6.08 Å². The summed E-state index contributed by atoms with van der Waals surface area (Å²) in [6, 6.07) is 0. The first-order valence-corrected chi connectivity index (χ1v) is 5.02. The number of rotatable bonds is 2. The first-order valence-electron chi connectivity index (χ1n) is 4.23. The van der Waals surface area contributed by atoms with Gasteiger partial charge in [-0.3, -0.25) is 4.79 Å². The number of nitrogens with one attached hydrogen (secondary N) is 1. The molecule has 2 heterocycles. The maximum atomic E-state index is 11.6. The van der Waals surface area contributed by atoms with Crippen molar-refractivity contribution >= 4 is 21.6 Å². The summed E-state index contributed by atoms with van der Waals surface area (Å²) in [6.07, 6.45) is 3.35. The average Bonchev–Trinajstić information content (AvgIpc) is 2.55. The SMILES string of the molecule is C=CCc1c(O)n2ncc(Br)c2[nH]c1=O. The number of nitrogens with zero attached hydrogens (tertiary/aromatic N) is 2. The Morgan fingerprint density at radius 1 is 1.73 bits per heavy atom. The smallest absolute Gasteiger partial charge is 0.258 e. The fourth-order valence-corrected chi connectivity index (χ4v) is 1.70. The topological polar surface area (TPSA) is 70.4 Å². The minimum absolute atomic E-state index is 0.153. The lowest BCUT2D eigenvalue weighted by molar-refractivity contribution is 0.428. The monoisotopic (exact) mass is 269 g/mol. The van der Waals surface area contributed by atoms with E-state index in [0.717, 1.165) is 0 Å². The third-order valence-electron chi connectivity index (χ3n) is 2.05. The van der Waals surface area contributed by atoms with Gasteiger partial charge >= 0.3 is 0 Å². The summed E-state index contributed by atoms with van der Waals surface area (Å²) in [4.78, 5) is 14.2. The zero-order valence-corrected chi connectivity index (χ0v) is 9.28. The maximum Gasteiger partial charge on any atom is 0.258 e. The molecule has 0 amide bonds. The van der Waals surface area contributed by atoms with Gasteiger partial charge in [-0.1, -0.05) is 6.08 Å². The number of aromatic nitrogens is 3. The van der Waals surface area contributed by atoms with Crippen molar-refractivity contribution in [3.05, 3.63) is 39.2 Å². The molecule has 0 aliphatic carbocycles. The molecule has 2 aromatic heterocycles. The van der Waals surface area contributed by atoms with Crippen LogP contribution in [0.3, 0.4) is 0 Å². The number of aromatic hydroxyl groups is 1. The molecular weight excluding hydrogens is 262 g/mol. The van der Waals surface area contributed by atoms with Crippen molar-refractivity contribution in [2.45, 2.75) is 6.42 Å². The van der Waals surface area contributed by atoms with Crippen molar-refractivity contribution in [3.63, 3.8) is 0 Å². The standard InChI is InChI=1S/C9H8BrN3O2/c1-2-3-5-8(14)12-7-6(10)4-11-13(7)9(5)15/h2,4,15H,1,3H2,(H,12,14). The number of hydrogen-bond acceptors (Lipinski definition) is 3. The van der Waals surface area contributed by atoms with Crippen molar-refractivity contribution < 1.29 is 5.11 Å². The minimum atomic E-state index is -0.332. The largest absolute Gasteiger partial charge is 0.493 e. The van der Waals surface area contributed by atoms with Crippen LogP contribution in [-0.2, 0) is 6.42 Å². The highest BCUT2D eigenvalue weighted by atomic mass is 79.9. The van der Waals surface area contributed by atoms with Crippen LogP contribution in [0.2, 0.25) is 0 Å². The van der Waals surface area contributed by atoms with Crippen molar-refractivity contribution in [1.82, 2.24) is 14.6 Å². The zero-order valence-electron chi connectivity index (χ0n) is 7.70. The highest BCUT2D eigenvalue weighted by Crippen LogP contribution is 2.20. The van der Waals surface area contributed by atoms with Crippen LogP contribution in [0.1, 0.15) is 5.56 Å². The molecule has 0 saturated heterocycles. The van der Waals surface area contributed by atoms with E-state index in [9.17, 15) is 9.90 Å². The Morgan fingerprint density at radius 3 is 3.13 bits per heavy atom. The average molecular weight is 270 g/mol. The number of fused-ring (bicyclic) bond motifs is 1. The number of hydrogen-bond donors (Lipinski definition) is 2. The van der Waals surface area contributed by atoms with Gasteiger partial charge in [0.05, 0.1) is 16.2 Å². The highest BCUT2D eigenvalue weighted by molar-refractivity contribution is 9.10. The van der Waals surface area contributed by atoms with E-state index in [1.807, 2.05) is 0 Å². The fourth-order valence-electron chi connectivity index (χ4n) is 1.34. The molecule has 0 atom stereocenters. The molecule has 6 heteroatoms. The number of halogens is 1. The summed E-state index contributed by atoms with van der Waals surface area (Å²) in [5.41, 5.74) is 0.361. The molecule has 78 valence electrons. The Labute approximate surface area is 93.2 Å². The van der Waals surface area contributed by atoms with E-state index in [0.29, 0.717) is 16.5 Å². The van der Waals surface area contributed by atoms with E-state index in [4.69, 9.17) is 0 Å². The maximum absolute atomic E-state index is 11.6. The van der Waals surface area contributed by atoms with Crippen LogP contribution in [-0.4, -0.2) is 19.7 Å². The predicted octanol–water partition coefficient (Wildman–Crippen LogP) is 1.22. The van der Waals surface area contributed by atoms with Gasteiger partial charge in [0.1, 0.15) is 0 Å². The third kappa shape index (κ3) is 1.46. The molecule has 15 heavy (non-hydrogen) atoms. The lowest BCUT2D eigenvalue weighted by Gasteiger charge is -2.02. The first-order chi connectivity index (χ1) is 7.15. The van der Waals surface area contributed by atoms with Gasteiger partial charge in [-0.05, 0) is 15.9 Å². The van der Waals surface area contributed by atoms with E-state index in [-0.39, 0.29) is 17.0 Å². The molecule has 2 N–H and O–H groups in total. The zero-order chi connectivity index (χ0) is 11.0. The van der Waals surface area contributed by atoms with Gasteiger partial charge in [0.2, 0.25) is 5.88 Å². The van der Waals surface area contributed by atoms with Gasteiger partial charge in [-0.15, -0.1) is 6.58 Å². The van der Waals surface area contributed by atoms with E-state index in [1.165, 1.54) is 10.7 Å². The van der Waals surface area contributed by atoms with Crippen molar-refractivity contribution in [1.29, 1.82) is 0 Å². The number of H-pyrrole nitrogens is 1. The van der Waals surface area contributed by atoms with Gasteiger partial charge < -0.3 is 10.1 Å². The molecule has 0 aliphatic heterocycles. The Balaban J connectivity index is 2.85. The van der Waals surface area contributed by atoms with Crippen LogP contribution in [0.15, 0.2) is 28.1 Å². The van der Waals surface area contributed by atoms with Crippen LogP contribution in [0.5, 0.6) is 5.88 Å². The van der Waals surface area contributed by atoms with Crippen LogP contribution < -0.4 is 5.56 Å². The highest BCUT2D eigenvalue weighted by Gasteiger charge is 2.12. The molecule has 0 unspecified atom stereocenters.